The Bertz CT molecular complexity index is 968. The molecule has 0 bridgehead atoms. The Hall–Kier alpha value is -2.70. The van der Waals surface area contributed by atoms with Crippen LogP contribution in [0.3, 0.4) is 0 Å². The number of carbonyl (C=O) groups is 2. The number of piperidine rings is 1. The van der Waals surface area contributed by atoms with Gasteiger partial charge in [0.05, 0.1) is 5.39 Å². The van der Waals surface area contributed by atoms with Gasteiger partial charge in [-0.1, -0.05) is 31.0 Å². The van der Waals surface area contributed by atoms with E-state index in [1.54, 1.807) is 30.1 Å². The second-order valence-electron chi connectivity index (χ2n) is 8.13. The van der Waals surface area contributed by atoms with Crippen molar-refractivity contribution in [2.24, 2.45) is 13.0 Å². The van der Waals surface area contributed by atoms with Crippen molar-refractivity contribution in [2.75, 3.05) is 26.2 Å². The number of nitrogens with zero attached hydrogens (tertiary/aromatic N) is 4. The third-order valence-corrected chi connectivity index (χ3v) is 6.21. The fourth-order valence-corrected chi connectivity index (χ4v) is 4.49. The van der Waals surface area contributed by atoms with Gasteiger partial charge in [0.15, 0.2) is 5.69 Å². The highest BCUT2D eigenvalue weighted by molar-refractivity contribution is 6.04. The predicted octanol–water partition coefficient (Wildman–Crippen LogP) is 2.19. The van der Waals surface area contributed by atoms with Crippen LogP contribution in [-0.4, -0.2) is 57.6 Å². The van der Waals surface area contributed by atoms with Crippen LogP contribution in [0.1, 0.15) is 49.0 Å². The van der Waals surface area contributed by atoms with E-state index in [-0.39, 0.29) is 23.3 Å². The van der Waals surface area contributed by atoms with Crippen LogP contribution >= 0.6 is 0 Å². The molecule has 1 aromatic heterocycles. The molecule has 29 heavy (non-hydrogen) atoms. The van der Waals surface area contributed by atoms with Gasteiger partial charge in [0.1, 0.15) is 0 Å². The first-order valence-electron chi connectivity index (χ1n) is 10.6. The molecule has 2 aliphatic heterocycles. The van der Waals surface area contributed by atoms with Crippen LogP contribution in [0.15, 0.2) is 29.1 Å². The summed E-state index contributed by atoms with van der Waals surface area (Å²) in [5.74, 6) is 0.0872. The van der Waals surface area contributed by atoms with Crippen LogP contribution in [0.2, 0.25) is 0 Å². The van der Waals surface area contributed by atoms with E-state index in [9.17, 15) is 14.4 Å². The van der Waals surface area contributed by atoms with Gasteiger partial charge in [0.2, 0.25) is 5.91 Å². The van der Waals surface area contributed by atoms with Crippen molar-refractivity contribution < 1.29 is 9.59 Å². The fraction of sp³-hybridized carbons (Fsp3) is 0.545. The van der Waals surface area contributed by atoms with Crippen molar-refractivity contribution in [3.05, 3.63) is 40.3 Å². The van der Waals surface area contributed by atoms with Crippen molar-refractivity contribution in [2.45, 2.75) is 38.5 Å². The summed E-state index contributed by atoms with van der Waals surface area (Å²) in [5, 5.41) is 5.34. The first kappa shape index (κ1) is 19.6. The average molecular weight is 396 g/mol. The number of hydrogen-bond acceptors (Lipinski definition) is 4. The number of amides is 2. The molecule has 0 atom stereocenters. The van der Waals surface area contributed by atoms with Crippen molar-refractivity contribution in [1.82, 2.24) is 19.6 Å². The third-order valence-electron chi connectivity index (χ3n) is 6.21. The highest BCUT2D eigenvalue weighted by Crippen LogP contribution is 2.24. The van der Waals surface area contributed by atoms with Crippen LogP contribution in [0.25, 0.3) is 10.8 Å². The Morgan fingerprint density at radius 3 is 2.17 bits per heavy atom. The molecule has 0 spiro atoms. The second kappa shape index (κ2) is 8.35. The zero-order chi connectivity index (χ0) is 20.4. The molecule has 4 rings (SSSR count). The van der Waals surface area contributed by atoms with Gasteiger partial charge in [-0.05, 0) is 31.7 Å². The molecule has 2 saturated heterocycles. The van der Waals surface area contributed by atoms with E-state index in [1.165, 1.54) is 17.5 Å². The van der Waals surface area contributed by atoms with Crippen molar-refractivity contribution >= 4 is 22.6 Å². The molecule has 1 aromatic carbocycles. The largest absolute Gasteiger partial charge is 0.342 e. The highest BCUT2D eigenvalue weighted by Gasteiger charge is 2.31. The number of aromatic nitrogens is 2. The molecule has 2 aliphatic rings. The Balaban J connectivity index is 1.47. The molecular formula is C22H28N4O3. The lowest BCUT2D eigenvalue weighted by molar-refractivity contribution is -0.136. The number of likely N-dealkylation sites (tertiary alicyclic amines) is 2. The monoisotopic (exact) mass is 396 g/mol. The quantitative estimate of drug-likeness (QED) is 0.780. The summed E-state index contributed by atoms with van der Waals surface area (Å²) in [6.07, 6.45) is 5.97. The maximum Gasteiger partial charge on any atom is 0.274 e. The maximum absolute atomic E-state index is 13.2. The van der Waals surface area contributed by atoms with Crippen molar-refractivity contribution in [3.8, 4) is 0 Å². The summed E-state index contributed by atoms with van der Waals surface area (Å²) >= 11 is 0. The predicted molar refractivity (Wildman–Crippen MR) is 111 cm³/mol. The van der Waals surface area contributed by atoms with Gasteiger partial charge < -0.3 is 9.80 Å². The standard InChI is InChI=1S/C22H28N4O3/c1-24-21(28)18-9-5-4-8-17(18)19(23-24)22(29)26-14-10-16(11-15-26)20(27)25-12-6-2-3-7-13-25/h4-5,8-9,16H,2-3,6-7,10-15H2,1H3. The van der Waals surface area contributed by atoms with Gasteiger partial charge in [-0.2, -0.15) is 5.10 Å². The third kappa shape index (κ3) is 3.91. The van der Waals surface area contributed by atoms with E-state index < -0.39 is 0 Å². The summed E-state index contributed by atoms with van der Waals surface area (Å²) in [5.41, 5.74) is 0.0962. The molecule has 2 amide bonds. The molecular weight excluding hydrogens is 368 g/mol. The van der Waals surface area contributed by atoms with E-state index in [4.69, 9.17) is 0 Å². The first-order chi connectivity index (χ1) is 14.1. The fourth-order valence-electron chi connectivity index (χ4n) is 4.49. The van der Waals surface area contributed by atoms with Crippen LogP contribution in [0, 0.1) is 5.92 Å². The van der Waals surface area contributed by atoms with E-state index in [0.29, 0.717) is 42.4 Å². The molecule has 0 saturated carbocycles. The molecule has 7 nitrogen and oxygen atoms in total. The zero-order valence-corrected chi connectivity index (χ0v) is 17.0. The number of rotatable bonds is 2. The van der Waals surface area contributed by atoms with Crippen molar-refractivity contribution in [3.63, 3.8) is 0 Å². The SMILES string of the molecule is Cn1nc(C(=O)N2CCC(C(=O)N3CCCCCC3)CC2)c2ccccc2c1=O. The highest BCUT2D eigenvalue weighted by atomic mass is 16.2. The molecule has 0 unspecified atom stereocenters. The molecule has 2 aromatic rings. The summed E-state index contributed by atoms with van der Waals surface area (Å²) in [7, 11) is 1.57. The lowest BCUT2D eigenvalue weighted by Gasteiger charge is -2.34. The topological polar surface area (TPSA) is 75.5 Å². The molecule has 3 heterocycles. The Morgan fingerprint density at radius 1 is 0.897 bits per heavy atom. The van der Waals surface area contributed by atoms with Gasteiger partial charge in [0.25, 0.3) is 11.5 Å². The van der Waals surface area contributed by atoms with E-state index >= 15 is 0 Å². The number of fused-ring (bicyclic) bond motifs is 1. The lowest BCUT2D eigenvalue weighted by atomic mass is 9.94. The number of benzene rings is 1. The number of hydrogen-bond donors (Lipinski definition) is 0. The molecule has 2 fully saturated rings. The molecule has 0 aliphatic carbocycles. The maximum atomic E-state index is 13.2. The minimum Gasteiger partial charge on any atom is -0.342 e. The minimum absolute atomic E-state index is 0.00184. The zero-order valence-electron chi connectivity index (χ0n) is 17.0. The minimum atomic E-state index is -0.209. The van der Waals surface area contributed by atoms with Gasteiger partial charge >= 0.3 is 0 Å². The molecule has 0 N–H and O–H groups in total. The van der Waals surface area contributed by atoms with Crippen LogP contribution in [0.5, 0.6) is 0 Å². The van der Waals surface area contributed by atoms with Gasteiger partial charge in [-0.15, -0.1) is 0 Å². The van der Waals surface area contributed by atoms with Crippen LogP contribution in [0.4, 0.5) is 0 Å². The number of aryl methyl sites for hydroxylation is 1. The van der Waals surface area contributed by atoms with Gasteiger partial charge in [0, 0.05) is 44.5 Å². The summed E-state index contributed by atoms with van der Waals surface area (Å²) in [4.78, 5) is 42.1. The normalized spacial score (nSPS) is 18.7. The van der Waals surface area contributed by atoms with Crippen LogP contribution < -0.4 is 5.56 Å². The first-order valence-corrected chi connectivity index (χ1v) is 10.6. The van der Waals surface area contributed by atoms with E-state index in [0.717, 1.165) is 25.9 Å². The van der Waals surface area contributed by atoms with E-state index in [1.807, 2.05) is 11.0 Å². The smallest absolute Gasteiger partial charge is 0.274 e. The summed E-state index contributed by atoms with van der Waals surface area (Å²) < 4.78 is 1.23. The number of carbonyl (C=O) groups excluding carboxylic acids is 2. The van der Waals surface area contributed by atoms with Gasteiger partial charge in [-0.3, -0.25) is 14.4 Å². The van der Waals surface area contributed by atoms with E-state index in [2.05, 4.69) is 5.10 Å². The Morgan fingerprint density at radius 2 is 1.52 bits per heavy atom. The lowest BCUT2D eigenvalue weighted by Crippen LogP contribution is -2.45. The van der Waals surface area contributed by atoms with Crippen molar-refractivity contribution in [1.29, 1.82) is 0 Å². The van der Waals surface area contributed by atoms with Gasteiger partial charge in [-0.25, -0.2) is 4.68 Å². The molecule has 7 heteroatoms. The second-order valence-corrected chi connectivity index (χ2v) is 8.13. The Kier molecular flexibility index (Phi) is 5.65. The Labute approximate surface area is 170 Å². The van der Waals surface area contributed by atoms with Crippen LogP contribution in [-0.2, 0) is 11.8 Å². The summed E-state index contributed by atoms with van der Waals surface area (Å²) in [6.45, 7) is 2.82. The summed E-state index contributed by atoms with van der Waals surface area (Å²) in [6, 6.07) is 7.10. The molecule has 154 valence electrons. The average Bonchev–Trinajstić information content (AvgIpc) is 3.05. The molecule has 0 radical (unpaired) electrons.